The zero-order valence-electron chi connectivity index (χ0n) is 17.5. The van der Waals surface area contributed by atoms with E-state index in [0.717, 1.165) is 69.6 Å². The Balaban J connectivity index is 1.25. The Morgan fingerprint density at radius 1 is 0.933 bits per heavy atom. The smallest absolute Gasteiger partial charge is 0.238 e. The summed E-state index contributed by atoms with van der Waals surface area (Å²) in [6, 6.07) is 16.2. The van der Waals surface area contributed by atoms with Gasteiger partial charge in [-0.25, -0.2) is 0 Å². The maximum Gasteiger partial charge on any atom is 0.238 e. The van der Waals surface area contributed by atoms with E-state index in [-0.39, 0.29) is 5.91 Å². The normalized spacial score (nSPS) is 17.6. The van der Waals surface area contributed by atoms with Crippen LogP contribution in [-0.4, -0.2) is 76.9 Å². The fourth-order valence-corrected chi connectivity index (χ4v) is 4.02. The van der Waals surface area contributed by atoms with E-state index in [1.54, 1.807) is 7.11 Å². The number of ether oxygens (including phenoxy) is 2. The summed E-state index contributed by atoms with van der Waals surface area (Å²) in [4.78, 5) is 19.3. The van der Waals surface area contributed by atoms with Gasteiger partial charge in [0.25, 0.3) is 0 Å². The quantitative estimate of drug-likeness (QED) is 0.789. The molecule has 160 valence electrons. The summed E-state index contributed by atoms with van der Waals surface area (Å²) in [7, 11) is 1.70. The first-order valence-electron chi connectivity index (χ1n) is 10.6. The summed E-state index contributed by atoms with van der Waals surface area (Å²) in [6.45, 7) is 7.21. The number of methoxy groups -OCH3 is 1. The van der Waals surface area contributed by atoms with Crippen LogP contribution in [0.25, 0.3) is 0 Å². The highest BCUT2D eigenvalue weighted by molar-refractivity contribution is 5.92. The minimum absolute atomic E-state index is 0.0277. The van der Waals surface area contributed by atoms with Crippen LogP contribution in [0.5, 0.6) is 5.75 Å². The van der Waals surface area contributed by atoms with Crippen LogP contribution in [0.2, 0.25) is 0 Å². The lowest BCUT2D eigenvalue weighted by Gasteiger charge is -2.36. The molecule has 2 aromatic rings. The number of nitrogens with one attached hydrogen (secondary N) is 1. The number of benzene rings is 2. The van der Waals surface area contributed by atoms with Crippen LogP contribution in [0.3, 0.4) is 0 Å². The molecule has 2 aliphatic rings. The van der Waals surface area contributed by atoms with Gasteiger partial charge in [0.1, 0.15) is 5.75 Å². The van der Waals surface area contributed by atoms with Crippen LogP contribution in [0, 0.1) is 0 Å². The standard InChI is InChI=1S/C23H30N4O3/c1-29-22-5-3-2-4-21(22)27-12-10-25(11-13-27)18-23(28)24-19-6-8-20(9-7-19)26-14-16-30-17-15-26/h2-9H,10-18H2,1H3,(H,24,28). The maximum atomic E-state index is 12.5. The van der Waals surface area contributed by atoms with E-state index >= 15 is 0 Å². The molecule has 2 fully saturated rings. The molecule has 2 saturated heterocycles. The first-order valence-corrected chi connectivity index (χ1v) is 10.6. The molecular formula is C23H30N4O3. The minimum Gasteiger partial charge on any atom is -0.495 e. The van der Waals surface area contributed by atoms with Crippen molar-refractivity contribution >= 4 is 23.0 Å². The molecule has 2 aliphatic heterocycles. The third-order valence-electron chi connectivity index (χ3n) is 5.69. The van der Waals surface area contributed by atoms with Gasteiger partial charge in [0.2, 0.25) is 5.91 Å². The first kappa shape index (κ1) is 20.5. The summed E-state index contributed by atoms with van der Waals surface area (Å²) in [6.07, 6.45) is 0. The Hall–Kier alpha value is -2.77. The molecule has 0 spiro atoms. The van der Waals surface area contributed by atoms with Gasteiger partial charge in [0.15, 0.2) is 0 Å². The van der Waals surface area contributed by atoms with Gasteiger partial charge in [-0.15, -0.1) is 0 Å². The highest BCUT2D eigenvalue weighted by Crippen LogP contribution is 2.28. The van der Waals surface area contributed by atoms with Crippen molar-refractivity contribution in [2.24, 2.45) is 0 Å². The molecule has 0 unspecified atom stereocenters. The second kappa shape index (κ2) is 9.82. The molecular weight excluding hydrogens is 380 g/mol. The van der Waals surface area contributed by atoms with Crippen molar-refractivity contribution < 1.29 is 14.3 Å². The predicted molar refractivity (Wildman–Crippen MR) is 120 cm³/mol. The molecule has 7 heteroatoms. The van der Waals surface area contributed by atoms with Crippen LogP contribution in [0.1, 0.15) is 0 Å². The van der Waals surface area contributed by atoms with E-state index in [0.29, 0.717) is 6.54 Å². The van der Waals surface area contributed by atoms with Gasteiger partial charge in [0.05, 0.1) is 32.6 Å². The summed E-state index contributed by atoms with van der Waals surface area (Å²) in [5, 5.41) is 3.02. The lowest BCUT2D eigenvalue weighted by atomic mass is 10.2. The second-order valence-corrected chi connectivity index (χ2v) is 7.63. The largest absolute Gasteiger partial charge is 0.495 e. The highest BCUT2D eigenvalue weighted by Gasteiger charge is 2.21. The number of rotatable bonds is 6. The van der Waals surface area contributed by atoms with Crippen molar-refractivity contribution in [3.05, 3.63) is 48.5 Å². The first-order chi connectivity index (χ1) is 14.7. The monoisotopic (exact) mass is 410 g/mol. The summed E-state index contributed by atoms with van der Waals surface area (Å²) < 4.78 is 10.9. The Morgan fingerprint density at radius 2 is 1.63 bits per heavy atom. The van der Waals surface area contributed by atoms with Crippen LogP contribution in [-0.2, 0) is 9.53 Å². The van der Waals surface area contributed by atoms with Gasteiger partial charge >= 0.3 is 0 Å². The van der Waals surface area contributed by atoms with Gasteiger partial charge in [-0.3, -0.25) is 9.69 Å². The molecule has 0 aliphatic carbocycles. The Labute approximate surface area is 178 Å². The average molecular weight is 411 g/mol. The lowest BCUT2D eigenvalue weighted by Crippen LogP contribution is -2.48. The van der Waals surface area contributed by atoms with E-state index in [2.05, 4.69) is 38.2 Å². The van der Waals surface area contributed by atoms with Gasteiger partial charge in [-0.1, -0.05) is 12.1 Å². The number of amides is 1. The number of morpholine rings is 1. The SMILES string of the molecule is COc1ccccc1N1CCN(CC(=O)Nc2ccc(N3CCOCC3)cc2)CC1. The number of piperazine rings is 1. The van der Waals surface area contributed by atoms with Gasteiger partial charge in [0, 0.05) is 50.6 Å². The van der Waals surface area contributed by atoms with Crippen LogP contribution >= 0.6 is 0 Å². The number of hydrogen-bond donors (Lipinski definition) is 1. The van der Waals surface area contributed by atoms with E-state index in [1.807, 2.05) is 30.3 Å². The van der Waals surface area contributed by atoms with Gasteiger partial charge in [-0.05, 0) is 36.4 Å². The molecule has 0 bridgehead atoms. The van der Waals surface area contributed by atoms with Crippen molar-refractivity contribution in [2.75, 3.05) is 81.3 Å². The van der Waals surface area contributed by atoms with Crippen molar-refractivity contribution in [3.8, 4) is 5.75 Å². The molecule has 7 nitrogen and oxygen atoms in total. The number of anilines is 3. The zero-order valence-corrected chi connectivity index (χ0v) is 17.5. The number of carbonyl (C=O) groups excluding carboxylic acids is 1. The lowest BCUT2D eigenvalue weighted by molar-refractivity contribution is -0.117. The molecule has 30 heavy (non-hydrogen) atoms. The van der Waals surface area contributed by atoms with E-state index < -0.39 is 0 Å². The Morgan fingerprint density at radius 3 is 2.33 bits per heavy atom. The molecule has 2 aromatic carbocycles. The number of hydrogen-bond acceptors (Lipinski definition) is 6. The fraction of sp³-hybridized carbons (Fsp3) is 0.435. The van der Waals surface area contributed by atoms with E-state index in [4.69, 9.17) is 9.47 Å². The molecule has 0 radical (unpaired) electrons. The number of para-hydroxylation sites is 2. The molecule has 0 saturated carbocycles. The van der Waals surface area contributed by atoms with Crippen LogP contribution < -0.4 is 19.9 Å². The molecule has 2 heterocycles. The topological polar surface area (TPSA) is 57.3 Å². The fourth-order valence-electron chi connectivity index (χ4n) is 4.02. The maximum absolute atomic E-state index is 12.5. The summed E-state index contributed by atoms with van der Waals surface area (Å²) >= 11 is 0. The Kier molecular flexibility index (Phi) is 6.71. The number of carbonyl (C=O) groups is 1. The predicted octanol–water partition coefficient (Wildman–Crippen LogP) is 2.29. The molecule has 1 amide bonds. The number of nitrogens with zero attached hydrogens (tertiary/aromatic N) is 3. The average Bonchev–Trinajstić information content (AvgIpc) is 2.80. The summed E-state index contributed by atoms with van der Waals surface area (Å²) in [5.41, 5.74) is 3.12. The molecule has 0 aromatic heterocycles. The van der Waals surface area contributed by atoms with Crippen LogP contribution in [0.4, 0.5) is 17.1 Å². The highest BCUT2D eigenvalue weighted by atomic mass is 16.5. The zero-order chi connectivity index (χ0) is 20.8. The van der Waals surface area contributed by atoms with Crippen molar-refractivity contribution in [2.45, 2.75) is 0 Å². The minimum atomic E-state index is 0.0277. The van der Waals surface area contributed by atoms with E-state index in [9.17, 15) is 4.79 Å². The molecule has 1 N–H and O–H groups in total. The van der Waals surface area contributed by atoms with Crippen molar-refractivity contribution in [1.29, 1.82) is 0 Å². The molecule has 4 rings (SSSR count). The van der Waals surface area contributed by atoms with Gasteiger partial charge < -0.3 is 24.6 Å². The second-order valence-electron chi connectivity index (χ2n) is 7.63. The summed E-state index contributed by atoms with van der Waals surface area (Å²) in [5.74, 6) is 0.920. The van der Waals surface area contributed by atoms with Gasteiger partial charge in [-0.2, -0.15) is 0 Å². The molecule has 0 atom stereocenters. The third-order valence-corrected chi connectivity index (χ3v) is 5.69. The van der Waals surface area contributed by atoms with Crippen molar-refractivity contribution in [1.82, 2.24) is 4.90 Å². The Bertz CT molecular complexity index is 829. The third kappa shape index (κ3) is 5.04. The van der Waals surface area contributed by atoms with E-state index in [1.165, 1.54) is 5.69 Å². The van der Waals surface area contributed by atoms with Crippen LogP contribution in [0.15, 0.2) is 48.5 Å². The van der Waals surface area contributed by atoms with Crippen molar-refractivity contribution in [3.63, 3.8) is 0 Å².